The molecule has 168 valence electrons. The van der Waals surface area contributed by atoms with Gasteiger partial charge in [0.2, 0.25) is 0 Å². The van der Waals surface area contributed by atoms with Crippen molar-refractivity contribution in [3.05, 3.63) is 0 Å². The Morgan fingerprint density at radius 1 is 0.643 bits per heavy atom. The van der Waals surface area contributed by atoms with Gasteiger partial charge in [-0.3, -0.25) is 4.79 Å². The number of carbonyl (C=O) groups excluding carboxylic acids is 1. The highest BCUT2D eigenvalue weighted by atomic mass is 16.7. The van der Waals surface area contributed by atoms with Crippen molar-refractivity contribution in [2.75, 3.05) is 6.61 Å². The predicted molar refractivity (Wildman–Crippen MR) is 107 cm³/mol. The molecule has 2 atom stereocenters. The van der Waals surface area contributed by atoms with Crippen molar-refractivity contribution in [3.63, 3.8) is 0 Å². The summed E-state index contributed by atoms with van der Waals surface area (Å²) in [4.78, 5) is 11.6. The van der Waals surface area contributed by atoms with Crippen LogP contribution < -0.4 is 0 Å². The highest BCUT2D eigenvalue weighted by Crippen LogP contribution is 2.15. The maximum absolute atomic E-state index is 11.6. The first-order valence-corrected chi connectivity index (χ1v) is 10.9. The summed E-state index contributed by atoms with van der Waals surface area (Å²) >= 11 is 0. The Morgan fingerprint density at radius 2 is 1.00 bits per heavy atom. The minimum absolute atomic E-state index is 0.0120. The molecule has 0 amide bonds. The van der Waals surface area contributed by atoms with Gasteiger partial charge in [0.15, 0.2) is 5.78 Å². The van der Waals surface area contributed by atoms with Crippen molar-refractivity contribution in [1.29, 1.82) is 0 Å². The third-order valence-electron chi connectivity index (χ3n) is 5.07. The molecule has 0 aliphatic carbocycles. The molecule has 0 fully saturated rings. The summed E-state index contributed by atoms with van der Waals surface area (Å²) in [5.74, 6) is -2.91. The Hall–Kier alpha value is -0.570. The molecule has 0 saturated carbocycles. The highest BCUT2D eigenvalue weighted by molar-refractivity contribution is 5.83. The lowest BCUT2D eigenvalue weighted by Crippen LogP contribution is -2.36. The zero-order valence-electron chi connectivity index (χ0n) is 17.3. The normalized spacial score (nSPS) is 14.2. The van der Waals surface area contributed by atoms with E-state index < -0.39 is 30.6 Å². The van der Waals surface area contributed by atoms with E-state index in [9.17, 15) is 15.0 Å². The lowest BCUT2D eigenvalue weighted by molar-refractivity contribution is -0.315. The first-order valence-electron chi connectivity index (χ1n) is 10.9. The van der Waals surface area contributed by atoms with E-state index in [-0.39, 0.29) is 12.8 Å². The van der Waals surface area contributed by atoms with Gasteiger partial charge in [-0.2, -0.15) is 0 Å². The first-order chi connectivity index (χ1) is 13.3. The Balaban J connectivity index is 3.25. The Morgan fingerprint density at radius 3 is 1.36 bits per heavy atom. The van der Waals surface area contributed by atoms with Crippen molar-refractivity contribution in [3.8, 4) is 0 Å². The molecular formula is C21H42O7. The third-order valence-corrected chi connectivity index (χ3v) is 5.07. The van der Waals surface area contributed by atoms with Crippen LogP contribution in [0.3, 0.4) is 0 Å². The molecule has 2 unspecified atom stereocenters. The highest BCUT2D eigenvalue weighted by Gasteiger charge is 2.22. The number of carbonyl (C=O) groups is 1. The van der Waals surface area contributed by atoms with E-state index in [4.69, 9.17) is 20.4 Å². The van der Waals surface area contributed by atoms with Crippen LogP contribution in [0, 0.1) is 0 Å². The molecule has 28 heavy (non-hydrogen) atoms. The fourth-order valence-electron chi connectivity index (χ4n) is 3.25. The molecule has 0 aromatic heterocycles. The largest absolute Gasteiger partial charge is 0.394 e. The second-order valence-electron chi connectivity index (χ2n) is 7.89. The van der Waals surface area contributed by atoms with E-state index in [1.165, 1.54) is 38.5 Å². The van der Waals surface area contributed by atoms with Gasteiger partial charge in [-0.1, -0.05) is 77.0 Å². The van der Waals surface area contributed by atoms with Gasteiger partial charge >= 0.3 is 0 Å². The van der Waals surface area contributed by atoms with E-state index in [1.807, 2.05) is 0 Å². The summed E-state index contributed by atoms with van der Waals surface area (Å²) in [5, 5.41) is 53.6. The maximum Gasteiger partial charge on any atom is 0.275 e. The summed E-state index contributed by atoms with van der Waals surface area (Å²) in [5.41, 5.74) is 0. The van der Waals surface area contributed by atoms with Crippen molar-refractivity contribution in [2.45, 2.75) is 121 Å². The number of unbranched alkanes of at least 4 members (excludes halogenated alkanes) is 13. The van der Waals surface area contributed by atoms with Crippen LogP contribution in [0.4, 0.5) is 0 Å². The van der Waals surface area contributed by atoms with Gasteiger partial charge in [-0.15, -0.1) is 0 Å². The molecule has 0 spiro atoms. The van der Waals surface area contributed by atoms with Crippen LogP contribution in [0.1, 0.15) is 103 Å². The number of Topliss-reactive ketones (excluding diaryl/α,β-unsaturated/α-hetero) is 1. The van der Waals surface area contributed by atoms with Gasteiger partial charge in [-0.25, -0.2) is 0 Å². The summed E-state index contributed by atoms with van der Waals surface area (Å²) in [6.07, 6.45) is 12.4. The average molecular weight is 407 g/mol. The van der Waals surface area contributed by atoms with Crippen LogP contribution in [0.5, 0.6) is 0 Å². The van der Waals surface area contributed by atoms with Gasteiger partial charge in [0.05, 0.1) is 6.61 Å². The van der Waals surface area contributed by atoms with Crippen molar-refractivity contribution in [2.24, 2.45) is 0 Å². The Bertz CT molecular complexity index is 368. The van der Waals surface area contributed by atoms with Crippen LogP contribution in [0.2, 0.25) is 0 Å². The Labute approximate surface area is 169 Å². The van der Waals surface area contributed by atoms with Crippen molar-refractivity contribution < 1.29 is 35.4 Å². The van der Waals surface area contributed by atoms with Crippen LogP contribution in [0.15, 0.2) is 0 Å². The summed E-state index contributed by atoms with van der Waals surface area (Å²) in [7, 11) is 0. The second kappa shape index (κ2) is 17.3. The monoisotopic (exact) mass is 406 g/mol. The van der Waals surface area contributed by atoms with Crippen LogP contribution in [0.25, 0.3) is 0 Å². The quantitative estimate of drug-likeness (QED) is 0.134. The van der Waals surface area contributed by atoms with E-state index in [1.54, 1.807) is 0 Å². The molecule has 6 N–H and O–H groups in total. The van der Waals surface area contributed by atoms with Crippen LogP contribution >= 0.6 is 0 Å². The lowest BCUT2D eigenvalue weighted by Gasteiger charge is -2.13. The van der Waals surface area contributed by atoms with Gasteiger partial charge in [0.25, 0.3) is 5.97 Å². The zero-order valence-corrected chi connectivity index (χ0v) is 17.3. The molecule has 7 nitrogen and oxygen atoms in total. The molecule has 0 heterocycles. The molecule has 0 bridgehead atoms. The smallest absolute Gasteiger partial charge is 0.275 e. The van der Waals surface area contributed by atoms with Crippen LogP contribution in [-0.4, -0.2) is 61.2 Å². The first kappa shape index (κ1) is 27.4. The minimum Gasteiger partial charge on any atom is -0.394 e. The van der Waals surface area contributed by atoms with Gasteiger partial charge in [0, 0.05) is 12.8 Å². The molecule has 7 heteroatoms. The van der Waals surface area contributed by atoms with E-state index >= 15 is 0 Å². The minimum atomic E-state index is -2.51. The fraction of sp³-hybridized carbons (Fsp3) is 0.952. The van der Waals surface area contributed by atoms with Gasteiger partial charge < -0.3 is 30.6 Å². The summed E-state index contributed by atoms with van der Waals surface area (Å²) < 4.78 is 0. The van der Waals surface area contributed by atoms with E-state index in [2.05, 4.69) is 0 Å². The van der Waals surface area contributed by atoms with E-state index in [0.717, 1.165) is 38.5 Å². The molecule has 0 saturated heterocycles. The molecule has 0 aliphatic heterocycles. The summed E-state index contributed by atoms with van der Waals surface area (Å²) in [6, 6.07) is 0. The number of aliphatic hydroxyl groups excluding tert-OH is 3. The molecular weight excluding hydrogens is 364 g/mol. The number of hydrogen-bond acceptors (Lipinski definition) is 7. The molecule has 0 radical (unpaired) electrons. The number of hydrogen-bond donors (Lipinski definition) is 6. The Kier molecular flexibility index (Phi) is 16.9. The second-order valence-corrected chi connectivity index (χ2v) is 7.89. The number of aliphatic hydroxyl groups is 6. The summed E-state index contributed by atoms with van der Waals surface area (Å²) in [6.45, 7) is -0.604. The molecule has 0 aliphatic rings. The van der Waals surface area contributed by atoms with Crippen molar-refractivity contribution in [1.82, 2.24) is 0 Å². The molecule has 0 aromatic carbocycles. The fourth-order valence-corrected chi connectivity index (χ4v) is 3.25. The lowest BCUT2D eigenvalue weighted by atomic mass is 10.0. The number of ketones is 1. The maximum atomic E-state index is 11.6. The average Bonchev–Trinajstić information content (AvgIpc) is 2.65. The van der Waals surface area contributed by atoms with Crippen molar-refractivity contribution >= 4 is 5.78 Å². The zero-order chi connectivity index (χ0) is 21.3. The van der Waals surface area contributed by atoms with Gasteiger partial charge in [0.1, 0.15) is 12.2 Å². The third kappa shape index (κ3) is 17.5. The standard InChI is InChI=1S/C21H42O7/c22-17-19(24)20(25)18(23)15-13-11-9-7-5-3-1-2-4-6-8-10-12-14-16-21(26,27)28/h19-20,22,24-28H,1-17H2. The predicted octanol–water partition coefficient (Wildman–Crippen LogP) is 2.14. The van der Waals surface area contributed by atoms with E-state index in [0.29, 0.717) is 12.8 Å². The van der Waals surface area contributed by atoms with Crippen LogP contribution in [-0.2, 0) is 4.79 Å². The van der Waals surface area contributed by atoms with Gasteiger partial charge in [-0.05, 0) is 12.8 Å². The topological polar surface area (TPSA) is 138 Å². The molecule has 0 rings (SSSR count). The SMILES string of the molecule is O=C(CCCCCCCCCCCCCCCCC(O)(O)O)C(O)C(O)CO. The number of rotatable bonds is 20. The molecule has 0 aromatic rings.